The van der Waals surface area contributed by atoms with Crippen molar-refractivity contribution in [2.75, 3.05) is 6.79 Å². The van der Waals surface area contributed by atoms with Gasteiger partial charge in [-0.3, -0.25) is 0 Å². The first-order valence-electron chi connectivity index (χ1n) is 6.19. The van der Waals surface area contributed by atoms with Gasteiger partial charge in [0.15, 0.2) is 11.5 Å². The van der Waals surface area contributed by atoms with E-state index in [1.165, 1.54) is 5.56 Å². The average molecular weight is 235 g/mol. The molecule has 0 aliphatic carbocycles. The Balaban J connectivity index is 2.12. The lowest BCUT2D eigenvalue weighted by molar-refractivity contribution is 0.174. The minimum Gasteiger partial charge on any atom is -0.454 e. The van der Waals surface area contributed by atoms with Crippen molar-refractivity contribution in [3.05, 3.63) is 23.8 Å². The van der Waals surface area contributed by atoms with Crippen molar-refractivity contribution in [2.45, 2.75) is 45.7 Å². The van der Waals surface area contributed by atoms with Crippen LogP contribution in [-0.2, 0) is 0 Å². The number of hydrogen-bond donors (Lipinski definition) is 1. The average Bonchev–Trinajstić information content (AvgIpc) is 2.75. The van der Waals surface area contributed by atoms with E-state index in [1.54, 1.807) is 0 Å². The summed E-state index contributed by atoms with van der Waals surface area (Å²) in [6.45, 7) is 9.14. The molecule has 1 aliphatic rings. The van der Waals surface area contributed by atoms with E-state index >= 15 is 0 Å². The molecule has 0 spiro atoms. The van der Waals surface area contributed by atoms with Crippen LogP contribution in [0.2, 0.25) is 0 Å². The molecule has 17 heavy (non-hydrogen) atoms. The van der Waals surface area contributed by atoms with Gasteiger partial charge in [-0.1, -0.05) is 13.0 Å². The van der Waals surface area contributed by atoms with Crippen LogP contribution in [0.15, 0.2) is 18.2 Å². The third kappa shape index (κ3) is 2.72. The topological polar surface area (TPSA) is 30.5 Å². The Labute approximate surface area is 103 Å². The molecular formula is C14H21NO2. The summed E-state index contributed by atoms with van der Waals surface area (Å²) in [7, 11) is 0. The molecule has 1 heterocycles. The van der Waals surface area contributed by atoms with Crippen LogP contribution in [0.1, 0.15) is 45.7 Å². The molecule has 94 valence electrons. The van der Waals surface area contributed by atoms with E-state index in [4.69, 9.17) is 9.47 Å². The van der Waals surface area contributed by atoms with Crippen molar-refractivity contribution in [3.63, 3.8) is 0 Å². The first-order chi connectivity index (χ1) is 8.02. The molecule has 0 amide bonds. The number of rotatable bonds is 4. The van der Waals surface area contributed by atoms with E-state index in [2.05, 4.69) is 45.1 Å². The van der Waals surface area contributed by atoms with Crippen LogP contribution >= 0.6 is 0 Å². The van der Waals surface area contributed by atoms with Crippen LogP contribution in [0.25, 0.3) is 0 Å². The number of fused-ring (bicyclic) bond motifs is 1. The summed E-state index contributed by atoms with van der Waals surface area (Å²) >= 11 is 0. The van der Waals surface area contributed by atoms with Crippen LogP contribution in [0, 0.1) is 0 Å². The van der Waals surface area contributed by atoms with Crippen molar-refractivity contribution in [1.82, 2.24) is 5.32 Å². The second-order valence-electron chi connectivity index (χ2n) is 5.22. The summed E-state index contributed by atoms with van der Waals surface area (Å²) in [6, 6.07) is 6.44. The highest BCUT2D eigenvalue weighted by Gasteiger charge is 2.20. The molecule has 0 aromatic heterocycles. The van der Waals surface area contributed by atoms with Gasteiger partial charge in [0, 0.05) is 11.6 Å². The van der Waals surface area contributed by atoms with Crippen LogP contribution < -0.4 is 14.8 Å². The zero-order chi connectivity index (χ0) is 12.5. The minimum atomic E-state index is 0.149. The van der Waals surface area contributed by atoms with Crippen molar-refractivity contribution in [1.29, 1.82) is 0 Å². The molecule has 1 N–H and O–H groups in total. The molecule has 1 aliphatic heterocycles. The summed E-state index contributed by atoms with van der Waals surface area (Å²) in [4.78, 5) is 0. The predicted molar refractivity (Wildman–Crippen MR) is 68.5 cm³/mol. The molecular weight excluding hydrogens is 214 g/mol. The highest BCUT2D eigenvalue weighted by molar-refractivity contribution is 5.45. The molecule has 2 rings (SSSR count). The van der Waals surface area contributed by atoms with E-state index in [0.29, 0.717) is 12.8 Å². The predicted octanol–water partition coefficient (Wildman–Crippen LogP) is 3.25. The van der Waals surface area contributed by atoms with E-state index in [0.717, 1.165) is 17.9 Å². The third-order valence-electron chi connectivity index (χ3n) is 3.39. The zero-order valence-electron chi connectivity index (χ0n) is 11.0. The maximum Gasteiger partial charge on any atom is 0.231 e. The molecule has 1 aromatic carbocycles. The van der Waals surface area contributed by atoms with Crippen molar-refractivity contribution in [2.24, 2.45) is 0 Å². The second kappa shape index (κ2) is 4.57. The molecule has 0 radical (unpaired) electrons. The van der Waals surface area contributed by atoms with Gasteiger partial charge in [0.2, 0.25) is 6.79 Å². The van der Waals surface area contributed by atoms with Crippen LogP contribution in [0.5, 0.6) is 11.5 Å². The van der Waals surface area contributed by atoms with E-state index in [-0.39, 0.29) is 5.54 Å². The summed E-state index contributed by atoms with van der Waals surface area (Å²) in [5, 5.41) is 3.62. The molecule has 0 bridgehead atoms. The van der Waals surface area contributed by atoms with E-state index in [9.17, 15) is 0 Å². The van der Waals surface area contributed by atoms with Gasteiger partial charge in [0.05, 0.1) is 0 Å². The van der Waals surface area contributed by atoms with Gasteiger partial charge in [-0.05, 0) is 44.9 Å². The lowest BCUT2D eigenvalue weighted by atomic mass is 9.98. The second-order valence-corrected chi connectivity index (χ2v) is 5.22. The lowest BCUT2D eigenvalue weighted by Crippen LogP contribution is -2.40. The third-order valence-corrected chi connectivity index (χ3v) is 3.39. The summed E-state index contributed by atoms with van der Waals surface area (Å²) < 4.78 is 10.7. The van der Waals surface area contributed by atoms with Gasteiger partial charge in [-0.15, -0.1) is 0 Å². The molecule has 3 heteroatoms. The summed E-state index contributed by atoms with van der Waals surface area (Å²) in [5.74, 6) is 1.70. The molecule has 0 saturated heterocycles. The Bertz CT molecular complexity index is 401. The fraction of sp³-hybridized carbons (Fsp3) is 0.571. The van der Waals surface area contributed by atoms with Crippen LogP contribution in [0.3, 0.4) is 0 Å². The van der Waals surface area contributed by atoms with Crippen molar-refractivity contribution >= 4 is 0 Å². The molecule has 1 unspecified atom stereocenters. The van der Waals surface area contributed by atoms with E-state index < -0.39 is 0 Å². The largest absolute Gasteiger partial charge is 0.454 e. The van der Waals surface area contributed by atoms with Gasteiger partial charge in [-0.25, -0.2) is 0 Å². The summed E-state index contributed by atoms with van der Waals surface area (Å²) in [5.41, 5.74) is 1.38. The van der Waals surface area contributed by atoms with Crippen molar-refractivity contribution in [3.8, 4) is 11.5 Å². The highest BCUT2D eigenvalue weighted by atomic mass is 16.7. The first-order valence-corrected chi connectivity index (χ1v) is 6.19. The van der Waals surface area contributed by atoms with E-state index in [1.807, 2.05) is 6.07 Å². The number of hydrogen-bond acceptors (Lipinski definition) is 3. The van der Waals surface area contributed by atoms with Gasteiger partial charge < -0.3 is 14.8 Å². The Morgan fingerprint density at radius 1 is 1.29 bits per heavy atom. The molecule has 0 saturated carbocycles. The Morgan fingerprint density at radius 2 is 2.00 bits per heavy atom. The van der Waals surface area contributed by atoms with Crippen LogP contribution in [-0.4, -0.2) is 12.3 Å². The quantitative estimate of drug-likeness (QED) is 0.869. The molecule has 0 fully saturated rings. The smallest absolute Gasteiger partial charge is 0.231 e. The number of benzene rings is 1. The number of ether oxygens (including phenoxy) is 2. The minimum absolute atomic E-state index is 0.149. The lowest BCUT2D eigenvalue weighted by Gasteiger charge is -2.29. The van der Waals surface area contributed by atoms with Crippen molar-refractivity contribution < 1.29 is 9.47 Å². The van der Waals surface area contributed by atoms with Gasteiger partial charge in [0.25, 0.3) is 0 Å². The van der Waals surface area contributed by atoms with Gasteiger partial charge in [0.1, 0.15) is 0 Å². The summed E-state index contributed by atoms with van der Waals surface area (Å²) in [6.07, 6.45) is 1.10. The maximum atomic E-state index is 5.40. The standard InChI is InChI=1S/C14H21NO2/c1-5-14(3,4)15-10(2)11-6-7-12-13(8-11)17-9-16-12/h6-8,10,15H,5,9H2,1-4H3. The van der Waals surface area contributed by atoms with Gasteiger partial charge >= 0.3 is 0 Å². The normalized spacial score (nSPS) is 16.0. The SMILES string of the molecule is CCC(C)(C)NC(C)c1ccc2c(c1)OCO2. The van der Waals surface area contributed by atoms with Gasteiger partial charge in [-0.2, -0.15) is 0 Å². The molecule has 1 aromatic rings. The number of nitrogens with one attached hydrogen (secondary N) is 1. The first kappa shape index (κ1) is 12.2. The zero-order valence-corrected chi connectivity index (χ0v) is 11.0. The molecule has 3 nitrogen and oxygen atoms in total. The fourth-order valence-corrected chi connectivity index (χ4v) is 1.95. The monoisotopic (exact) mass is 235 g/mol. The highest BCUT2D eigenvalue weighted by Crippen LogP contribution is 2.34. The molecule has 1 atom stereocenters. The fourth-order valence-electron chi connectivity index (χ4n) is 1.95. The Hall–Kier alpha value is -1.22. The Morgan fingerprint density at radius 3 is 2.71 bits per heavy atom. The Kier molecular flexibility index (Phi) is 3.29. The van der Waals surface area contributed by atoms with Crippen LogP contribution in [0.4, 0.5) is 0 Å². The maximum absolute atomic E-state index is 5.40.